The van der Waals surface area contributed by atoms with Gasteiger partial charge in [-0.3, -0.25) is 0 Å². The lowest BCUT2D eigenvalue weighted by atomic mass is 9.80. The van der Waals surface area contributed by atoms with Crippen molar-refractivity contribution in [3.63, 3.8) is 0 Å². The number of hydrogen-bond donors (Lipinski definition) is 1. The van der Waals surface area contributed by atoms with Crippen LogP contribution in [-0.2, 0) is 19.1 Å². The molecule has 152 valence electrons. The van der Waals surface area contributed by atoms with Gasteiger partial charge in [0.15, 0.2) is 0 Å². The molecule has 1 N–H and O–H groups in total. The first-order valence-corrected chi connectivity index (χ1v) is 9.58. The first-order chi connectivity index (χ1) is 13.3. The van der Waals surface area contributed by atoms with Gasteiger partial charge in [-0.15, -0.1) is 0 Å². The molecule has 1 aliphatic rings. The molecule has 0 unspecified atom stereocenters. The summed E-state index contributed by atoms with van der Waals surface area (Å²) >= 11 is 12.5. The number of esters is 2. The van der Waals surface area contributed by atoms with Crippen LogP contribution in [0, 0.1) is 0 Å². The summed E-state index contributed by atoms with van der Waals surface area (Å²) in [4.78, 5) is 25.6. The minimum Gasteiger partial charge on any atom is -0.495 e. The van der Waals surface area contributed by atoms with E-state index in [-0.39, 0.29) is 29.4 Å². The normalized spacial score (nSPS) is 14.7. The number of halogens is 2. The molecule has 0 saturated carbocycles. The predicted molar refractivity (Wildman–Crippen MR) is 108 cm³/mol. The molecule has 28 heavy (non-hydrogen) atoms. The zero-order chi connectivity index (χ0) is 21.0. The van der Waals surface area contributed by atoms with Crippen LogP contribution in [0.2, 0.25) is 10.0 Å². The number of rotatable bonds is 6. The molecular formula is C20H23Cl2NO5. The van der Waals surface area contributed by atoms with Gasteiger partial charge in [0, 0.05) is 22.0 Å². The number of dihydropyridines is 1. The van der Waals surface area contributed by atoms with Gasteiger partial charge in [-0.05, 0) is 39.8 Å². The third-order valence-corrected chi connectivity index (χ3v) is 4.80. The van der Waals surface area contributed by atoms with Crippen molar-refractivity contribution in [3.8, 4) is 5.75 Å². The fraction of sp³-hybridized carbons (Fsp3) is 0.400. The van der Waals surface area contributed by atoms with E-state index in [9.17, 15) is 9.59 Å². The number of nitrogens with one attached hydrogen (secondary N) is 1. The molecule has 1 aliphatic heterocycles. The van der Waals surface area contributed by atoms with E-state index < -0.39 is 17.9 Å². The maximum atomic E-state index is 12.8. The van der Waals surface area contributed by atoms with Crippen LogP contribution >= 0.6 is 23.2 Å². The van der Waals surface area contributed by atoms with Crippen LogP contribution in [0.15, 0.2) is 34.7 Å². The highest BCUT2D eigenvalue weighted by molar-refractivity contribution is 6.35. The predicted octanol–water partition coefficient (Wildman–Crippen LogP) is 4.36. The largest absolute Gasteiger partial charge is 0.495 e. The Bertz CT molecular complexity index is 820. The molecule has 1 heterocycles. The summed E-state index contributed by atoms with van der Waals surface area (Å²) in [5, 5.41) is 3.69. The first kappa shape index (κ1) is 22.1. The molecular weight excluding hydrogens is 405 g/mol. The highest BCUT2D eigenvalue weighted by Crippen LogP contribution is 2.46. The summed E-state index contributed by atoms with van der Waals surface area (Å²) < 4.78 is 16.0. The fourth-order valence-electron chi connectivity index (χ4n) is 3.27. The van der Waals surface area contributed by atoms with Gasteiger partial charge >= 0.3 is 11.9 Å². The second kappa shape index (κ2) is 9.34. The molecule has 6 nitrogen and oxygen atoms in total. The molecule has 0 amide bonds. The van der Waals surface area contributed by atoms with Crippen LogP contribution in [-0.4, -0.2) is 32.3 Å². The zero-order valence-corrected chi connectivity index (χ0v) is 18.0. The van der Waals surface area contributed by atoms with Crippen LogP contribution in [0.25, 0.3) is 0 Å². The Morgan fingerprint density at radius 2 is 1.50 bits per heavy atom. The van der Waals surface area contributed by atoms with E-state index in [0.29, 0.717) is 27.7 Å². The Labute approximate surface area is 174 Å². The van der Waals surface area contributed by atoms with E-state index in [1.54, 1.807) is 33.8 Å². The number of methoxy groups -OCH3 is 1. The maximum absolute atomic E-state index is 12.8. The van der Waals surface area contributed by atoms with Crippen molar-refractivity contribution < 1.29 is 23.8 Å². The summed E-state index contributed by atoms with van der Waals surface area (Å²) in [5.74, 6) is -1.59. The number of carbonyl (C=O) groups excluding carboxylic acids is 2. The lowest BCUT2D eigenvalue weighted by Gasteiger charge is -2.31. The van der Waals surface area contributed by atoms with Crippen LogP contribution in [0.5, 0.6) is 5.75 Å². The molecule has 0 aromatic heterocycles. The van der Waals surface area contributed by atoms with Gasteiger partial charge in [0.25, 0.3) is 0 Å². The summed E-state index contributed by atoms with van der Waals surface area (Å²) in [5.41, 5.74) is 2.14. The monoisotopic (exact) mass is 427 g/mol. The third kappa shape index (κ3) is 4.28. The summed E-state index contributed by atoms with van der Waals surface area (Å²) in [6, 6.07) is 3.16. The highest BCUT2D eigenvalue weighted by atomic mass is 35.5. The van der Waals surface area contributed by atoms with E-state index in [1.807, 2.05) is 0 Å². The lowest BCUT2D eigenvalue weighted by Crippen LogP contribution is -2.32. The van der Waals surface area contributed by atoms with Crippen molar-refractivity contribution in [1.82, 2.24) is 5.32 Å². The Morgan fingerprint density at radius 1 is 1.00 bits per heavy atom. The SMILES string of the molecule is CCOC(=O)C1=C(C)NC(C)=C(C(=O)OCC)C1c1cc(Cl)cc(Cl)c1OC. The molecule has 0 saturated heterocycles. The zero-order valence-electron chi connectivity index (χ0n) is 16.4. The van der Waals surface area contributed by atoms with Crippen molar-refractivity contribution in [3.05, 3.63) is 50.3 Å². The van der Waals surface area contributed by atoms with Crippen molar-refractivity contribution in [1.29, 1.82) is 0 Å². The molecule has 8 heteroatoms. The molecule has 0 bridgehead atoms. The van der Waals surface area contributed by atoms with E-state index in [0.717, 1.165) is 0 Å². The second-order valence-electron chi connectivity index (χ2n) is 6.09. The van der Waals surface area contributed by atoms with Crippen LogP contribution in [0.3, 0.4) is 0 Å². The van der Waals surface area contributed by atoms with E-state index >= 15 is 0 Å². The van der Waals surface area contributed by atoms with Gasteiger partial charge in [-0.25, -0.2) is 9.59 Å². The number of ether oxygens (including phenoxy) is 3. The smallest absolute Gasteiger partial charge is 0.336 e. The Morgan fingerprint density at radius 3 is 1.93 bits per heavy atom. The maximum Gasteiger partial charge on any atom is 0.336 e. The number of benzene rings is 1. The van der Waals surface area contributed by atoms with Gasteiger partial charge < -0.3 is 19.5 Å². The van der Waals surface area contributed by atoms with Gasteiger partial charge in [-0.2, -0.15) is 0 Å². The Balaban J connectivity index is 2.81. The average molecular weight is 428 g/mol. The molecule has 0 aliphatic carbocycles. The van der Waals surface area contributed by atoms with Gasteiger partial charge in [-0.1, -0.05) is 23.2 Å². The summed E-state index contributed by atoms with van der Waals surface area (Å²) in [6.07, 6.45) is 0. The minimum absolute atomic E-state index is 0.188. The second-order valence-corrected chi connectivity index (χ2v) is 6.93. The van der Waals surface area contributed by atoms with Crippen LogP contribution < -0.4 is 10.1 Å². The van der Waals surface area contributed by atoms with Crippen LogP contribution in [0.4, 0.5) is 0 Å². The molecule has 0 radical (unpaired) electrons. The molecule has 1 aromatic rings. The fourth-order valence-corrected chi connectivity index (χ4v) is 3.86. The summed E-state index contributed by atoms with van der Waals surface area (Å²) in [7, 11) is 1.46. The molecule has 0 spiro atoms. The number of allylic oxidation sites excluding steroid dienone is 2. The Hall–Kier alpha value is -2.18. The minimum atomic E-state index is -0.814. The lowest BCUT2D eigenvalue weighted by molar-refractivity contribution is -0.139. The highest BCUT2D eigenvalue weighted by Gasteiger charge is 2.39. The van der Waals surface area contributed by atoms with Crippen molar-refractivity contribution in [2.75, 3.05) is 20.3 Å². The summed E-state index contributed by atoms with van der Waals surface area (Å²) in [6.45, 7) is 7.28. The average Bonchev–Trinajstić information content (AvgIpc) is 2.60. The number of hydrogen-bond acceptors (Lipinski definition) is 6. The van der Waals surface area contributed by atoms with Crippen molar-refractivity contribution in [2.24, 2.45) is 0 Å². The molecule has 2 rings (SSSR count). The van der Waals surface area contributed by atoms with E-state index in [1.165, 1.54) is 13.2 Å². The molecule has 0 fully saturated rings. The standard InChI is InChI=1S/C20H23Cl2NO5/c1-6-27-19(24)15-10(3)23-11(4)16(20(25)28-7-2)17(15)13-8-12(21)9-14(22)18(13)26-5/h8-9,17,23H,6-7H2,1-5H3. The van der Waals surface area contributed by atoms with Crippen LogP contribution in [0.1, 0.15) is 39.2 Å². The van der Waals surface area contributed by atoms with Crippen molar-refractivity contribution in [2.45, 2.75) is 33.6 Å². The Kier molecular flexibility index (Phi) is 7.38. The topological polar surface area (TPSA) is 73.9 Å². The van der Waals surface area contributed by atoms with Gasteiger partial charge in [0.1, 0.15) is 5.75 Å². The molecule has 1 aromatic carbocycles. The van der Waals surface area contributed by atoms with Crippen molar-refractivity contribution >= 4 is 35.1 Å². The first-order valence-electron chi connectivity index (χ1n) is 8.82. The number of carbonyl (C=O) groups is 2. The third-order valence-electron chi connectivity index (χ3n) is 4.30. The quantitative estimate of drug-likeness (QED) is 0.679. The van der Waals surface area contributed by atoms with E-state index in [4.69, 9.17) is 37.4 Å². The van der Waals surface area contributed by atoms with Gasteiger partial charge in [0.05, 0.1) is 42.4 Å². The van der Waals surface area contributed by atoms with E-state index in [2.05, 4.69) is 5.32 Å². The molecule has 0 atom stereocenters. The van der Waals surface area contributed by atoms with Gasteiger partial charge in [0.2, 0.25) is 0 Å².